The molecule has 8 nitrogen and oxygen atoms in total. The lowest BCUT2D eigenvalue weighted by Crippen LogP contribution is -2.44. The molecule has 0 bridgehead atoms. The van der Waals surface area contributed by atoms with Crippen LogP contribution in [0, 0.1) is 0 Å². The number of aliphatic hydroxyl groups excluding tert-OH is 1. The van der Waals surface area contributed by atoms with Gasteiger partial charge in [0.2, 0.25) is 11.5 Å². The van der Waals surface area contributed by atoms with Crippen molar-refractivity contribution < 1.29 is 15.0 Å². The first-order chi connectivity index (χ1) is 16.5. The summed E-state index contributed by atoms with van der Waals surface area (Å²) in [5.74, 6) is 0.0485. The maximum Gasteiger partial charge on any atom is 0.248 e. The Bertz CT molecular complexity index is 1160. The predicted molar refractivity (Wildman–Crippen MR) is 132 cm³/mol. The number of rotatable bonds is 9. The average Bonchev–Trinajstić information content (AvgIpc) is 2.86. The zero-order valence-electron chi connectivity index (χ0n) is 19.2. The molecule has 5 N–H and O–H groups in total. The van der Waals surface area contributed by atoms with Crippen molar-refractivity contribution in [2.45, 2.75) is 38.0 Å². The van der Waals surface area contributed by atoms with Crippen LogP contribution in [0.4, 0.5) is 0 Å². The number of likely N-dealkylation sites (tertiary alicyclic amines) is 1. The van der Waals surface area contributed by atoms with Crippen molar-refractivity contribution in [1.29, 1.82) is 0 Å². The maximum absolute atomic E-state index is 12.2. The third-order valence-electron chi connectivity index (χ3n) is 6.44. The van der Waals surface area contributed by atoms with Gasteiger partial charge in [-0.15, -0.1) is 0 Å². The Balaban J connectivity index is 1.19. The zero-order valence-corrected chi connectivity index (χ0v) is 19.2. The van der Waals surface area contributed by atoms with Gasteiger partial charge in [-0.25, -0.2) is 0 Å². The monoisotopic (exact) mass is 464 g/mol. The molecule has 34 heavy (non-hydrogen) atoms. The number of fused-ring (bicyclic) bond motifs is 1. The van der Waals surface area contributed by atoms with Crippen molar-refractivity contribution in [3.63, 3.8) is 0 Å². The molecule has 1 amide bonds. The van der Waals surface area contributed by atoms with E-state index in [1.165, 1.54) is 12.1 Å². The van der Waals surface area contributed by atoms with Crippen molar-refractivity contribution in [1.82, 2.24) is 20.5 Å². The van der Waals surface area contributed by atoms with Crippen LogP contribution in [0.5, 0.6) is 5.75 Å². The molecule has 2 heterocycles. The average molecular weight is 465 g/mol. The largest absolute Gasteiger partial charge is 0.506 e. The van der Waals surface area contributed by atoms with Gasteiger partial charge in [0.15, 0.2) is 0 Å². The number of amides is 1. The number of nitrogens with one attached hydrogen (secondary N) is 3. The van der Waals surface area contributed by atoms with E-state index in [0.717, 1.165) is 38.0 Å². The van der Waals surface area contributed by atoms with E-state index in [4.69, 9.17) is 0 Å². The number of hydrogen-bond donors (Lipinski definition) is 5. The number of hydrogen-bond acceptors (Lipinski definition) is 6. The van der Waals surface area contributed by atoms with Crippen LogP contribution in [0.1, 0.15) is 36.5 Å². The number of aromatic nitrogens is 1. The summed E-state index contributed by atoms with van der Waals surface area (Å²) in [7, 11) is 0. The summed E-state index contributed by atoms with van der Waals surface area (Å²) in [5, 5.41) is 27.8. The first-order valence-corrected chi connectivity index (χ1v) is 11.8. The van der Waals surface area contributed by atoms with E-state index in [0.29, 0.717) is 42.0 Å². The Morgan fingerprint density at radius 3 is 2.62 bits per heavy atom. The minimum absolute atomic E-state index is 0.0160. The second-order valence-electron chi connectivity index (χ2n) is 8.84. The highest BCUT2D eigenvalue weighted by molar-refractivity contribution is 5.87. The fraction of sp³-hybridized carbons (Fsp3) is 0.385. The minimum Gasteiger partial charge on any atom is -0.506 e. The van der Waals surface area contributed by atoms with E-state index in [-0.39, 0.29) is 17.2 Å². The Morgan fingerprint density at radius 2 is 1.85 bits per heavy atom. The number of carbonyl (C=O) groups excluding carboxylic acids is 1. The van der Waals surface area contributed by atoms with E-state index in [9.17, 15) is 19.8 Å². The van der Waals surface area contributed by atoms with Gasteiger partial charge in [0.25, 0.3) is 0 Å². The van der Waals surface area contributed by atoms with Gasteiger partial charge in [0, 0.05) is 43.5 Å². The molecule has 1 aliphatic heterocycles. The second kappa shape index (κ2) is 11.3. The molecule has 1 aromatic heterocycles. The molecule has 0 saturated carbocycles. The van der Waals surface area contributed by atoms with Crippen LogP contribution in [0.3, 0.4) is 0 Å². The Kier molecular flexibility index (Phi) is 7.95. The van der Waals surface area contributed by atoms with Gasteiger partial charge < -0.3 is 30.7 Å². The molecule has 3 aromatic rings. The predicted octanol–water partition coefficient (Wildman–Crippen LogP) is 2.03. The zero-order chi connectivity index (χ0) is 23.9. The summed E-state index contributed by atoms with van der Waals surface area (Å²) in [5.41, 5.74) is 1.80. The quantitative estimate of drug-likeness (QED) is 0.331. The molecule has 1 fully saturated rings. The fourth-order valence-electron chi connectivity index (χ4n) is 4.44. The Labute approximate surface area is 198 Å². The van der Waals surface area contributed by atoms with Gasteiger partial charge >= 0.3 is 0 Å². The van der Waals surface area contributed by atoms with Crippen LogP contribution in [-0.2, 0) is 11.3 Å². The summed E-state index contributed by atoms with van der Waals surface area (Å²) in [6, 6.07) is 16.4. The highest BCUT2D eigenvalue weighted by atomic mass is 16.3. The molecule has 1 aliphatic rings. The normalized spacial score (nSPS) is 15.9. The highest BCUT2D eigenvalue weighted by Gasteiger charge is 2.21. The van der Waals surface area contributed by atoms with E-state index in [2.05, 4.69) is 20.5 Å². The third kappa shape index (κ3) is 6.22. The van der Waals surface area contributed by atoms with Gasteiger partial charge in [0.05, 0.1) is 11.6 Å². The number of nitrogens with zero attached hydrogens (tertiary/aromatic N) is 1. The van der Waals surface area contributed by atoms with Crippen LogP contribution in [0.15, 0.2) is 59.4 Å². The van der Waals surface area contributed by atoms with E-state index >= 15 is 0 Å². The molecule has 0 unspecified atom stereocenters. The third-order valence-corrected chi connectivity index (χ3v) is 6.44. The topological polar surface area (TPSA) is 118 Å². The molecule has 1 saturated heterocycles. The lowest BCUT2D eigenvalue weighted by atomic mass is 10.0. The smallest absolute Gasteiger partial charge is 0.248 e. The van der Waals surface area contributed by atoms with Crippen molar-refractivity contribution in [2.24, 2.45) is 0 Å². The molecular formula is C26H32N4O4. The summed E-state index contributed by atoms with van der Waals surface area (Å²) in [6.07, 6.45) is 1.62. The van der Waals surface area contributed by atoms with Gasteiger partial charge in [-0.05, 0) is 49.2 Å². The molecule has 0 spiro atoms. The van der Waals surface area contributed by atoms with Crippen LogP contribution >= 0.6 is 0 Å². The molecule has 0 aliphatic carbocycles. The number of H-pyrrole nitrogens is 1. The Hall–Kier alpha value is -3.20. The fourth-order valence-corrected chi connectivity index (χ4v) is 4.44. The summed E-state index contributed by atoms with van der Waals surface area (Å²) >= 11 is 0. The number of carbonyl (C=O) groups is 1. The van der Waals surface area contributed by atoms with Crippen LogP contribution < -0.4 is 16.2 Å². The van der Waals surface area contributed by atoms with Gasteiger partial charge in [-0.1, -0.05) is 36.4 Å². The van der Waals surface area contributed by atoms with Crippen LogP contribution in [0.25, 0.3) is 10.9 Å². The summed E-state index contributed by atoms with van der Waals surface area (Å²) < 4.78 is 0. The number of benzene rings is 2. The molecule has 0 radical (unpaired) electrons. The second-order valence-corrected chi connectivity index (χ2v) is 8.84. The lowest BCUT2D eigenvalue weighted by Gasteiger charge is -2.32. The SMILES string of the molecule is O=C(CCN1CCC(NC[C@@H](O)c2ccc(O)c3[nH]c(=O)ccc23)CC1)NCc1ccccc1. The number of phenols is 1. The molecule has 4 rings (SSSR count). The van der Waals surface area contributed by atoms with Gasteiger partial charge in [0.1, 0.15) is 5.75 Å². The number of aliphatic hydroxyl groups is 1. The van der Waals surface area contributed by atoms with Crippen molar-refractivity contribution in [3.05, 3.63) is 76.1 Å². The summed E-state index contributed by atoms with van der Waals surface area (Å²) in [6.45, 7) is 3.49. The lowest BCUT2D eigenvalue weighted by molar-refractivity contribution is -0.121. The van der Waals surface area contributed by atoms with E-state index < -0.39 is 6.10 Å². The van der Waals surface area contributed by atoms with Crippen molar-refractivity contribution >= 4 is 16.8 Å². The molecule has 180 valence electrons. The number of aromatic amines is 1. The number of aromatic hydroxyl groups is 1. The molecular weight excluding hydrogens is 432 g/mol. The van der Waals surface area contributed by atoms with Crippen molar-refractivity contribution in [3.8, 4) is 5.75 Å². The van der Waals surface area contributed by atoms with Crippen LogP contribution in [-0.4, -0.2) is 58.2 Å². The standard InChI is InChI=1S/C26H32N4O4/c31-22-8-6-20(21-7-9-25(34)29-26(21)22)23(32)17-27-19-10-13-30(14-11-19)15-12-24(33)28-16-18-4-2-1-3-5-18/h1-9,19,23,27,31-32H,10-17H2,(H,28,33)(H,29,34)/t23-/m1/s1. The maximum atomic E-state index is 12.2. The molecule has 2 aromatic carbocycles. The first-order valence-electron chi connectivity index (χ1n) is 11.8. The van der Waals surface area contributed by atoms with Crippen LogP contribution in [0.2, 0.25) is 0 Å². The molecule has 8 heteroatoms. The number of pyridine rings is 1. The van der Waals surface area contributed by atoms with E-state index in [1.54, 1.807) is 12.1 Å². The van der Waals surface area contributed by atoms with Gasteiger partial charge in [-0.3, -0.25) is 9.59 Å². The van der Waals surface area contributed by atoms with Crippen molar-refractivity contribution in [2.75, 3.05) is 26.2 Å². The molecule has 1 atom stereocenters. The number of phenolic OH excluding ortho intramolecular Hbond substituents is 1. The summed E-state index contributed by atoms with van der Waals surface area (Å²) in [4.78, 5) is 28.7. The minimum atomic E-state index is -0.764. The number of piperidine rings is 1. The first kappa shape index (κ1) is 23.9. The van der Waals surface area contributed by atoms with E-state index in [1.807, 2.05) is 30.3 Å². The Morgan fingerprint density at radius 1 is 1.09 bits per heavy atom. The van der Waals surface area contributed by atoms with Gasteiger partial charge in [-0.2, -0.15) is 0 Å². The highest BCUT2D eigenvalue weighted by Crippen LogP contribution is 2.28.